The number of nitrogens with two attached hydrogens (primary N) is 1. The molecule has 0 saturated carbocycles. The summed E-state index contributed by atoms with van der Waals surface area (Å²) in [6.07, 6.45) is 0. The van der Waals surface area contributed by atoms with Gasteiger partial charge in [0.2, 0.25) is 0 Å². The van der Waals surface area contributed by atoms with E-state index in [0.29, 0.717) is 5.82 Å². The molecule has 0 aliphatic heterocycles. The van der Waals surface area contributed by atoms with E-state index in [1.165, 1.54) is 0 Å². The van der Waals surface area contributed by atoms with E-state index >= 15 is 0 Å². The van der Waals surface area contributed by atoms with Crippen LogP contribution >= 0.6 is 0 Å². The molecule has 3 rings (SSSR count). The van der Waals surface area contributed by atoms with Gasteiger partial charge < -0.3 is 10.2 Å². The minimum atomic E-state index is 0.625. The summed E-state index contributed by atoms with van der Waals surface area (Å²) < 4.78 is 7.46. The van der Waals surface area contributed by atoms with Crippen LogP contribution in [-0.4, -0.2) is 9.78 Å². The summed E-state index contributed by atoms with van der Waals surface area (Å²) in [7, 11) is 1.82. The molecule has 4 nitrogen and oxygen atoms in total. The highest BCUT2D eigenvalue weighted by Gasteiger charge is 2.15. The SMILES string of the molecule is Cc1c(-c2cc(N)n(C)n2)oc2ccccc12. The lowest BCUT2D eigenvalue weighted by molar-refractivity contribution is 0.623. The predicted molar refractivity (Wildman–Crippen MR) is 67.6 cm³/mol. The van der Waals surface area contributed by atoms with Crippen molar-refractivity contribution >= 4 is 16.8 Å². The quantitative estimate of drug-likeness (QED) is 0.695. The van der Waals surface area contributed by atoms with E-state index in [1.54, 1.807) is 4.68 Å². The van der Waals surface area contributed by atoms with Gasteiger partial charge in [0.15, 0.2) is 5.76 Å². The van der Waals surface area contributed by atoms with Gasteiger partial charge in [0.25, 0.3) is 0 Å². The zero-order valence-corrected chi connectivity index (χ0v) is 9.77. The summed E-state index contributed by atoms with van der Waals surface area (Å²) in [6.45, 7) is 2.03. The van der Waals surface area contributed by atoms with E-state index in [9.17, 15) is 0 Å². The monoisotopic (exact) mass is 227 g/mol. The van der Waals surface area contributed by atoms with Gasteiger partial charge in [-0.2, -0.15) is 5.10 Å². The fraction of sp³-hybridized carbons (Fsp3) is 0.154. The number of aromatic nitrogens is 2. The first-order valence-electron chi connectivity index (χ1n) is 5.45. The number of nitrogens with zero attached hydrogens (tertiary/aromatic N) is 2. The molecule has 0 bridgehead atoms. The number of anilines is 1. The topological polar surface area (TPSA) is 57.0 Å². The molecular formula is C13H13N3O. The lowest BCUT2D eigenvalue weighted by Gasteiger charge is -1.91. The fourth-order valence-corrected chi connectivity index (χ4v) is 2.01. The van der Waals surface area contributed by atoms with Gasteiger partial charge in [-0.1, -0.05) is 18.2 Å². The molecule has 0 fully saturated rings. The lowest BCUT2D eigenvalue weighted by atomic mass is 10.1. The normalized spacial score (nSPS) is 11.2. The van der Waals surface area contributed by atoms with Crippen LogP contribution in [0.3, 0.4) is 0 Å². The second-order valence-electron chi connectivity index (χ2n) is 4.13. The Labute approximate surface area is 98.6 Å². The summed E-state index contributed by atoms with van der Waals surface area (Å²) in [5.74, 6) is 1.42. The van der Waals surface area contributed by atoms with Crippen molar-refractivity contribution in [1.29, 1.82) is 0 Å². The van der Waals surface area contributed by atoms with Crippen LogP contribution in [0.25, 0.3) is 22.4 Å². The molecule has 0 amide bonds. The number of hydrogen-bond acceptors (Lipinski definition) is 3. The molecular weight excluding hydrogens is 214 g/mol. The van der Waals surface area contributed by atoms with Crippen molar-refractivity contribution in [3.8, 4) is 11.5 Å². The van der Waals surface area contributed by atoms with Crippen molar-refractivity contribution in [1.82, 2.24) is 9.78 Å². The van der Waals surface area contributed by atoms with Gasteiger partial charge in [0.05, 0.1) is 0 Å². The van der Waals surface area contributed by atoms with Gasteiger partial charge in [-0.25, -0.2) is 0 Å². The van der Waals surface area contributed by atoms with Crippen molar-refractivity contribution in [3.05, 3.63) is 35.9 Å². The van der Waals surface area contributed by atoms with Crippen LogP contribution in [0, 0.1) is 6.92 Å². The Bertz CT molecular complexity index is 674. The number of benzene rings is 1. The summed E-state index contributed by atoms with van der Waals surface area (Å²) in [5, 5.41) is 5.45. The third kappa shape index (κ3) is 1.41. The van der Waals surface area contributed by atoms with Crippen molar-refractivity contribution in [2.24, 2.45) is 7.05 Å². The molecule has 86 valence electrons. The molecule has 0 spiro atoms. The third-order valence-electron chi connectivity index (χ3n) is 2.99. The van der Waals surface area contributed by atoms with Crippen molar-refractivity contribution in [3.63, 3.8) is 0 Å². The molecule has 2 heterocycles. The molecule has 2 N–H and O–H groups in total. The van der Waals surface area contributed by atoms with E-state index in [2.05, 4.69) is 5.10 Å². The van der Waals surface area contributed by atoms with E-state index in [-0.39, 0.29) is 0 Å². The van der Waals surface area contributed by atoms with Gasteiger partial charge in [-0.05, 0) is 13.0 Å². The second kappa shape index (κ2) is 3.38. The van der Waals surface area contributed by atoms with Crippen molar-refractivity contribution in [2.75, 3.05) is 5.73 Å². The molecule has 17 heavy (non-hydrogen) atoms. The number of hydrogen-bond donors (Lipinski definition) is 1. The van der Waals surface area contributed by atoms with Crippen LogP contribution in [0.5, 0.6) is 0 Å². The maximum absolute atomic E-state index is 5.82. The molecule has 0 radical (unpaired) electrons. The molecule has 2 aromatic heterocycles. The molecule has 1 aromatic carbocycles. The van der Waals surface area contributed by atoms with Crippen LogP contribution in [-0.2, 0) is 7.05 Å². The largest absolute Gasteiger partial charge is 0.454 e. The first-order chi connectivity index (χ1) is 8.16. The maximum atomic E-state index is 5.82. The predicted octanol–water partition coefficient (Wildman–Crippen LogP) is 2.72. The Balaban J connectivity index is 2.27. The molecule has 0 unspecified atom stereocenters. The third-order valence-corrected chi connectivity index (χ3v) is 2.99. The van der Waals surface area contributed by atoms with Crippen LogP contribution in [0.4, 0.5) is 5.82 Å². The number of fused-ring (bicyclic) bond motifs is 1. The van der Waals surface area contributed by atoms with Crippen LogP contribution in [0.1, 0.15) is 5.56 Å². The number of nitrogen functional groups attached to an aromatic ring is 1. The first-order valence-corrected chi connectivity index (χ1v) is 5.45. The Morgan fingerprint density at radius 3 is 2.71 bits per heavy atom. The summed E-state index contributed by atoms with van der Waals surface area (Å²) in [6, 6.07) is 9.79. The van der Waals surface area contributed by atoms with Crippen molar-refractivity contribution in [2.45, 2.75) is 6.92 Å². The van der Waals surface area contributed by atoms with Crippen LogP contribution < -0.4 is 5.73 Å². The molecule has 4 heteroatoms. The van der Waals surface area contributed by atoms with E-state index in [1.807, 2.05) is 44.3 Å². The van der Waals surface area contributed by atoms with Crippen molar-refractivity contribution < 1.29 is 4.42 Å². The highest BCUT2D eigenvalue weighted by Crippen LogP contribution is 2.32. The summed E-state index contributed by atoms with van der Waals surface area (Å²) in [4.78, 5) is 0. The van der Waals surface area contributed by atoms with Gasteiger partial charge in [0.1, 0.15) is 17.1 Å². The molecule has 0 aliphatic rings. The molecule has 0 aliphatic carbocycles. The minimum absolute atomic E-state index is 0.625. The smallest absolute Gasteiger partial charge is 0.158 e. The minimum Gasteiger partial charge on any atom is -0.454 e. The first kappa shape index (κ1) is 9.96. The average Bonchev–Trinajstić information content (AvgIpc) is 2.82. The van der Waals surface area contributed by atoms with Crippen LogP contribution in [0.2, 0.25) is 0 Å². The summed E-state index contributed by atoms with van der Waals surface area (Å²) in [5.41, 5.74) is 8.53. The second-order valence-corrected chi connectivity index (χ2v) is 4.13. The number of aryl methyl sites for hydroxylation is 2. The van der Waals surface area contributed by atoms with Crippen LogP contribution in [0.15, 0.2) is 34.7 Å². The Morgan fingerprint density at radius 1 is 1.29 bits per heavy atom. The summed E-state index contributed by atoms with van der Waals surface area (Å²) >= 11 is 0. The van der Waals surface area contributed by atoms with E-state index in [4.69, 9.17) is 10.2 Å². The van der Waals surface area contributed by atoms with Gasteiger partial charge in [-0.3, -0.25) is 4.68 Å². The highest BCUT2D eigenvalue weighted by molar-refractivity contribution is 5.87. The Hall–Kier alpha value is -2.23. The average molecular weight is 227 g/mol. The lowest BCUT2D eigenvalue weighted by Crippen LogP contribution is -1.96. The molecule has 0 atom stereocenters. The zero-order valence-electron chi connectivity index (χ0n) is 9.77. The zero-order chi connectivity index (χ0) is 12.0. The number of rotatable bonds is 1. The maximum Gasteiger partial charge on any atom is 0.158 e. The Morgan fingerprint density at radius 2 is 2.06 bits per heavy atom. The molecule has 0 saturated heterocycles. The van der Waals surface area contributed by atoms with Gasteiger partial charge in [-0.15, -0.1) is 0 Å². The molecule has 3 aromatic rings. The fourth-order valence-electron chi connectivity index (χ4n) is 2.01. The van der Waals surface area contributed by atoms with Gasteiger partial charge in [0, 0.05) is 24.1 Å². The van der Waals surface area contributed by atoms with E-state index < -0.39 is 0 Å². The number of para-hydroxylation sites is 1. The van der Waals surface area contributed by atoms with E-state index in [0.717, 1.165) is 28.0 Å². The number of furan rings is 1. The van der Waals surface area contributed by atoms with Gasteiger partial charge >= 0.3 is 0 Å². The standard InChI is InChI=1S/C13H13N3O/c1-8-9-5-3-4-6-11(9)17-13(8)10-7-12(14)16(2)15-10/h3-7H,14H2,1-2H3. The highest BCUT2D eigenvalue weighted by atomic mass is 16.3. The Kier molecular flexibility index (Phi) is 1.98.